The first kappa shape index (κ1) is 12.6. The summed E-state index contributed by atoms with van der Waals surface area (Å²) in [7, 11) is 0. The van der Waals surface area contributed by atoms with Gasteiger partial charge in [0.25, 0.3) is 0 Å². The first-order valence-corrected chi connectivity index (χ1v) is 7.42. The summed E-state index contributed by atoms with van der Waals surface area (Å²) in [6.07, 6.45) is 2.45. The van der Waals surface area contributed by atoms with Crippen molar-refractivity contribution in [2.75, 3.05) is 0 Å². The molecule has 4 heteroatoms. The van der Waals surface area contributed by atoms with Crippen LogP contribution in [0.25, 0.3) is 0 Å². The number of hydrogen-bond acceptors (Lipinski definition) is 3. The Morgan fingerprint density at radius 1 is 1.32 bits per heavy atom. The molecule has 0 bridgehead atoms. The highest BCUT2D eigenvalue weighted by molar-refractivity contribution is 7.07. The maximum absolute atomic E-state index is 13.9. The number of ether oxygens (including phenoxy) is 1. The molecule has 0 aliphatic heterocycles. The van der Waals surface area contributed by atoms with Crippen molar-refractivity contribution < 1.29 is 9.13 Å². The topological polar surface area (TPSA) is 21.3 Å². The van der Waals surface area contributed by atoms with Crippen LogP contribution in [0.1, 0.15) is 24.0 Å². The Morgan fingerprint density at radius 2 is 2.21 bits per heavy atom. The largest absolute Gasteiger partial charge is 0.485 e. The number of nitrogens with one attached hydrogen (secondary N) is 1. The molecule has 0 amide bonds. The van der Waals surface area contributed by atoms with Crippen LogP contribution in [-0.4, -0.2) is 6.04 Å². The average Bonchev–Trinajstić information content (AvgIpc) is 3.10. The molecule has 2 aromatic rings. The lowest BCUT2D eigenvalue weighted by Gasteiger charge is -2.12. The summed E-state index contributed by atoms with van der Waals surface area (Å²) in [4.78, 5) is 0. The summed E-state index contributed by atoms with van der Waals surface area (Å²) in [6, 6.07) is 7.70. The third-order valence-corrected chi connectivity index (χ3v) is 3.90. The Bertz CT molecular complexity index is 537. The van der Waals surface area contributed by atoms with E-state index < -0.39 is 0 Å². The normalized spacial score (nSPS) is 14.6. The Labute approximate surface area is 116 Å². The van der Waals surface area contributed by atoms with Gasteiger partial charge in [0.1, 0.15) is 6.61 Å². The predicted octanol–water partition coefficient (Wildman–Crippen LogP) is 3.72. The molecule has 1 aliphatic carbocycles. The molecule has 1 aromatic heterocycles. The zero-order valence-electron chi connectivity index (χ0n) is 10.6. The van der Waals surface area contributed by atoms with Crippen molar-refractivity contribution in [3.8, 4) is 5.75 Å². The molecule has 100 valence electrons. The van der Waals surface area contributed by atoms with E-state index in [0.29, 0.717) is 24.9 Å². The molecule has 0 saturated heterocycles. The van der Waals surface area contributed by atoms with Crippen molar-refractivity contribution >= 4 is 11.3 Å². The molecule has 3 rings (SSSR count). The van der Waals surface area contributed by atoms with Crippen LogP contribution in [0.15, 0.2) is 35.0 Å². The smallest absolute Gasteiger partial charge is 0.165 e. The van der Waals surface area contributed by atoms with E-state index in [1.54, 1.807) is 17.4 Å². The van der Waals surface area contributed by atoms with E-state index in [-0.39, 0.29) is 5.82 Å². The van der Waals surface area contributed by atoms with Crippen molar-refractivity contribution in [1.29, 1.82) is 0 Å². The molecule has 1 N–H and O–H groups in total. The zero-order chi connectivity index (χ0) is 13.1. The number of halogens is 1. The van der Waals surface area contributed by atoms with Gasteiger partial charge in [-0.05, 0) is 41.3 Å². The van der Waals surface area contributed by atoms with Gasteiger partial charge < -0.3 is 10.1 Å². The van der Waals surface area contributed by atoms with Gasteiger partial charge in [-0.2, -0.15) is 11.3 Å². The monoisotopic (exact) mass is 277 g/mol. The summed E-state index contributed by atoms with van der Waals surface area (Å²) >= 11 is 1.62. The van der Waals surface area contributed by atoms with Gasteiger partial charge in [0.05, 0.1) is 0 Å². The standard InChI is InChI=1S/C15H16FNOS/c16-14-3-1-2-12(8-17-13-4-5-13)15(14)18-9-11-6-7-19-10-11/h1-3,6-7,10,13,17H,4-5,8-9H2. The van der Waals surface area contributed by atoms with Crippen molar-refractivity contribution in [2.45, 2.75) is 32.0 Å². The van der Waals surface area contributed by atoms with Crippen molar-refractivity contribution in [3.63, 3.8) is 0 Å². The highest BCUT2D eigenvalue weighted by atomic mass is 32.1. The van der Waals surface area contributed by atoms with Crippen LogP contribution in [0.2, 0.25) is 0 Å². The van der Waals surface area contributed by atoms with Crippen LogP contribution >= 0.6 is 11.3 Å². The van der Waals surface area contributed by atoms with Crippen LogP contribution in [0, 0.1) is 5.82 Å². The van der Waals surface area contributed by atoms with Gasteiger partial charge in [-0.15, -0.1) is 0 Å². The second kappa shape index (κ2) is 5.72. The van der Waals surface area contributed by atoms with E-state index in [1.807, 2.05) is 22.9 Å². The third-order valence-electron chi connectivity index (χ3n) is 3.17. The van der Waals surface area contributed by atoms with Gasteiger partial charge in [-0.3, -0.25) is 0 Å². The molecule has 2 nitrogen and oxygen atoms in total. The maximum Gasteiger partial charge on any atom is 0.165 e. The molecule has 1 aliphatic rings. The van der Waals surface area contributed by atoms with E-state index in [0.717, 1.165) is 11.1 Å². The summed E-state index contributed by atoms with van der Waals surface area (Å²) in [5.41, 5.74) is 1.97. The van der Waals surface area contributed by atoms with Crippen LogP contribution in [-0.2, 0) is 13.2 Å². The number of para-hydroxylation sites is 1. The first-order valence-electron chi connectivity index (χ1n) is 6.47. The van der Waals surface area contributed by atoms with Crippen LogP contribution in [0.4, 0.5) is 4.39 Å². The Balaban J connectivity index is 1.69. The van der Waals surface area contributed by atoms with Crippen molar-refractivity contribution in [1.82, 2.24) is 5.32 Å². The quantitative estimate of drug-likeness (QED) is 0.869. The fourth-order valence-electron chi connectivity index (χ4n) is 1.93. The van der Waals surface area contributed by atoms with E-state index >= 15 is 0 Å². The molecule has 19 heavy (non-hydrogen) atoms. The summed E-state index contributed by atoms with van der Waals surface area (Å²) in [5, 5.41) is 7.40. The van der Waals surface area contributed by atoms with Gasteiger partial charge in [0.15, 0.2) is 11.6 Å². The molecule has 0 unspecified atom stereocenters. The van der Waals surface area contributed by atoms with E-state index in [1.165, 1.54) is 18.9 Å². The summed E-state index contributed by atoms with van der Waals surface area (Å²) < 4.78 is 19.5. The molecule has 1 heterocycles. The predicted molar refractivity (Wildman–Crippen MR) is 74.9 cm³/mol. The third kappa shape index (κ3) is 3.33. The highest BCUT2D eigenvalue weighted by Crippen LogP contribution is 2.26. The molecule has 0 radical (unpaired) electrons. The molecule has 1 aromatic carbocycles. The molecular weight excluding hydrogens is 261 g/mol. The Morgan fingerprint density at radius 3 is 2.95 bits per heavy atom. The fourth-order valence-corrected chi connectivity index (χ4v) is 2.58. The molecule has 1 fully saturated rings. The second-order valence-electron chi connectivity index (χ2n) is 4.80. The fraction of sp³-hybridized carbons (Fsp3) is 0.333. The van der Waals surface area contributed by atoms with Crippen molar-refractivity contribution in [2.24, 2.45) is 0 Å². The van der Waals surface area contributed by atoms with Gasteiger partial charge in [-0.25, -0.2) is 4.39 Å². The zero-order valence-corrected chi connectivity index (χ0v) is 11.4. The molecular formula is C15H16FNOS. The highest BCUT2D eigenvalue weighted by Gasteiger charge is 2.21. The number of benzene rings is 1. The van der Waals surface area contributed by atoms with E-state index in [2.05, 4.69) is 5.32 Å². The number of rotatable bonds is 6. The minimum Gasteiger partial charge on any atom is -0.485 e. The number of thiophene rings is 1. The molecule has 1 saturated carbocycles. The minimum atomic E-state index is -0.287. The number of hydrogen-bond donors (Lipinski definition) is 1. The second-order valence-corrected chi connectivity index (χ2v) is 5.58. The Kier molecular flexibility index (Phi) is 3.80. The van der Waals surface area contributed by atoms with Crippen molar-refractivity contribution in [3.05, 3.63) is 52.0 Å². The molecule has 0 atom stereocenters. The van der Waals surface area contributed by atoms with Gasteiger partial charge in [0.2, 0.25) is 0 Å². The maximum atomic E-state index is 13.9. The van der Waals surface area contributed by atoms with Crippen LogP contribution < -0.4 is 10.1 Å². The van der Waals surface area contributed by atoms with E-state index in [9.17, 15) is 4.39 Å². The lowest BCUT2D eigenvalue weighted by molar-refractivity contribution is 0.286. The van der Waals surface area contributed by atoms with Crippen LogP contribution in [0.5, 0.6) is 5.75 Å². The minimum absolute atomic E-state index is 0.287. The van der Waals surface area contributed by atoms with Gasteiger partial charge in [-0.1, -0.05) is 12.1 Å². The average molecular weight is 277 g/mol. The Hall–Kier alpha value is -1.39. The summed E-state index contributed by atoms with van der Waals surface area (Å²) in [5.74, 6) is 0.0900. The summed E-state index contributed by atoms with van der Waals surface area (Å²) in [6.45, 7) is 1.09. The lowest BCUT2D eigenvalue weighted by Crippen LogP contribution is -2.16. The SMILES string of the molecule is Fc1cccc(CNC2CC2)c1OCc1ccsc1. The van der Waals surface area contributed by atoms with E-state index in [4.69, 9.17) is 4.74 Å². The molecule has 0 spiro atoms. The lowest BCUT2D eigenvalue weighted by atomic mass is 10.2. The van der Waals surface area contributed by atoms with Crippen LogP contribution in [0.3, 0.4) is 0 Å². The van der Waals surface area contributed by atoms with Gasteiger partial charge in [0, 0.05) is 18.2 Å². The first-order chi connectivity index (χ1) is 9.33. The van der Waals surface area contributed by atoms with Gasteiger partial charge >= 0.3 is 0 Å².